The predicted molar refractivity (Wildman–Crippen MR) is 73.5 cm³/mol. The van der Waals surface area contributed by atoms with Crippen LogP contribution >= 0.6 is 0 Å². The molecular weight excluding hydrogens is 274 g/mol. The number of aliphatic hydroxyl groups excluding tert-OH is 1. The molecule has 0 radical (unpaired) electrons. The number of carbonyl (C=O) groups is 1. The highest BCUT2D eigenvalue weighted by atomic mass is 16.8. The fraction of sp³-hybridized carbons (Fsp3) is 0.533. The first kappa shape index (κ1) is 14.5. The van der Waals surface area contributed by atoms with E-state index in [1.807, 2.05) is 19.9 Å². The molecule has 3 rings (SSSR count). The minimum absolute atomic E-state index is 0.146. The van der Waals surface area contributed by atoms with Gasteiger partial charge in [-0.1, -0.05) is 12.1 Å². The fourth-order valence-corrected chi connectivity index (χ4v) is 2.97. The Morgan fingerprint density at radius 3 is 2.71 bits per heavy atom. The Morgan fingerprint density at radius 1 is 1.33 bits per heavy atom. The van der Waals surface area contributed by atoms with Crippen LogP contribution in [-0.4, -0.2) is 41.7 Å². The SMILES string of the molecule is CC1(C)OC2C(CO)OC(c3cccc(C(N)=O)c3)C2O1. The Bertz CT molecular complexity index is 559. The molecule has 2 aliphatic rings. The van der Waals surface area contributed by atoms with Gasteiger partial charge in [-0.05, 0) is 31.5 Å². The summed E-state index contributed by atoms with van der Waals surface area (Å²) in [5, 5.41) is 9.46. The van der Waals surface area contributed by atoms with Crippen molar-refractivity contribution in [2.75, 3.05) is 6.61 Å². The summed E-state index contributed by atoms with van der Waals surface area (Å²) in [6.07, 6.45) is -1.49. The Kier molecular flexibility index (Phi) is 3.49. The first-order valence-corrected chi connectivity index (χ1v) is 6.93. The predicted octanol–water partition coefficient (Wildman–Crippen LogP) is 0.738. The highest BCUT2D eigenvalue weighted by Gasteiger charge is 2.55. The zero-order chi connectivity index (χ0) is 15.2. The summed E-state index contributed by atoms with van der Waals surface area (Å²) in [6.45, 7) is 3.51. The molecule has 2 saturated heterocycles. The molecule has 0 saturated carbocycles. The molecule has 0 aliphatic carbocycles. The molecule has 1 amide bonds. The van der Waals surface area contributed by atoms with Crippen LogP contribution in [0.5, 0.6) is 0 Å². The van der Waals surface area contributed by atoms with Gasteiger partial charge in [0.05, 0.1) is 6.61 Å². The topological polar surface area (TPSA) is 91.0 Å². The molecule has 3 N–H and O–H groups in total. The summed E-state index contributed by atoms with van der Waals surface area (Å²) in [5.74, 6) is -1.21. The monoisotopic (exact) mass is 293 g/mol. The van der Waals surface area contributed by atoms with Crippen molar-refractivity contribution in [2.24, 2.45) is 5.73 Å². The molecule has 0 bridgehead atoms. The lowest BCUT2D eigenvalue weighted by molar-refractivity contribution is -0.191. The van der Waals surface area contributed by atoms with Gasteiger partial charge in [0.15, 0.2) is 5.79 Å². The molecule has 2 aliphatic heterocycles. The standard InChI is InChI=1S/C15H19NO5/c1-15(2)20-12-10(7-17)19-11(13(12)21-15)8-4-3-5-9(6-8)14(16)18/h3-6,10-13,17H,7H2,1-2H3,(H2,16,18). The molecule has 0 aromatic heterocycles. The highest BCUT2D eigenvalue weighted by Crippen LogP contribution is 2.45. The van der Waals surface area contributed by atoms with Crippen LogP contribution in [0.25, 0.3) is 0 Å². The number of hydrogen-bond acceptors (Lipinski definition) is 5. The van der Waals surface area contributed by atoms with Crippen LogP contribution in [-0.2, 0) is 14.2 Å². The normalized spacial score (nSPS) is 33.9. The van der Waals surface area contributed by atoms with Crippen molar-refractivity contribution in [1.82, 2.24) is 0 Å². The van der Waals surface area contributed by atoms with Gasteiger partial charge in [-0.25, -0.2) is 0 Å². The summed E-state index contributed by atoms with van der Waals surface area (Å²) >= 11 is 0. The summed E-state index contributed by atoms with van der Waals surface area (Å²) in [6, 6.07) is 6.94. The molecule has 2 fully saturated rings. The molecular formula is C15H19NO5. The lowest BCUT2D eigenvalue weighted by Crippen LogP contribution is -2.31. The zero-order valence-electron chi connectivity index (χ0n) is 12.0. The van der Waals surface area contributed by atoms with Gasteiger partial charge in [0.25, 0.3) is 0 Å². The van der Waals surface area contributed by atoms with Crippen LogP contribution in [0.3, 0.4) is 0 Å². The third-order valence-corrected chi connectivity index (χ3v) is 3.83. The largest absolute Gasteiger partial charge is 0.394 e. The maximum absolute atomic E-state index is 11.3. The van der Waals surface area contributed by atoms with Crippen LogP contribution in [0.2, 0.25) is 0 Å². The van der Waals surface area contributed by atoms with E-state index in [0.717, 1.165) is 5.56 Å². The quantitative estimate of drug-likeness (QED) is 0.857. The molecule has 6 nitrogen and oxygen atoms in total. The second kappa shape index (κ2) is 5.06. The number of primary amides is 1. The number of aliphatic hydroxyl groups is 1. The number of fused-ring (bicyclic) bond motifs is 1. The van der Waals surface area contributed by atoms with Gasteiger partial charge in [-0.2, -0.15) is 0 Å². The molecule has 114 valence electrons. The van der Waals surface area contributed by atoms with Crippen molar-refractivity contribution in [2.45, 2.75) is 44.1 Å². The number of nitrogens with two attached hydrogens (primary N) is 1. The molecule has 1 aromatic rings. The first-order valence-electron chi connectivity index (χ1n) is 6.93. The number of amides is 1. The van der Waals surface area contributed by atoms with E-state index < -0.39 is 23.9 Å². The van der Waals surface area contributed by atoms with Crippen molar-refractivity contribution < 1.29 is 24.1 Å². The van der Waals surface area contributed by atoms with E-state index in [1.165, 1.54) is 0 Å². The second-order valence-electron chi connectivity index (χ2n) is 5.83. The number of carbonyl (C=O) groups excluding carboxylic acids is 1. The smallest absolute Gasteiger partial charge is 0.248 e. The van der Waals surface area contributed by atoms with Crippen molar-refractivity contribution in [1.29, 1.82) is 0 Å². The molecule has 0 spiro atoms. The van der Waals surface area contributed by atoms with Crippen LogP contribution in [0, 0.1) is 0 Å². The van der Waals surface area contributed by atoms with Crippen molar-refractivity contribution in [3.63, 3.8) is 0 Å². The van der Waals surface area contributed by atoms with Crippen LogP contribution < -0.4 is 5.73 Å². The summed E-state index contributed by atoms with van der Waals surface area (Å²) in [5.41, 5.74) is 6.51. The fourth-order valence-electron chi connectivity index (χ4n) is 2.97. The summed E-state index contributed by atoms with van der Waals surface area (Å²) < 4.78 is 17.5. The molecule has 2 heterocycles. The van der Waals surface area contributed by atoms with Crippen molar-refractivity contribution >= 4 is 5.91 Å². The number of rotatable bonds is 3. The maximum atomic E-state index is 11.3. The lowest BCUT2D eigenvalue weighted by atomic mass is 10.00. The van der Waals surface area contributed by atoms with Gasteiger partial charge < -0.3 is 25.1 Å². The van der Waals surface area contributed by atoms with E-state index >= 15 is 0 Å². The molecule has 21 heavy (non-hydrogen) atoms. The molecule has 4 atom stereocenters. The molecule has 1 aromatic carbocycles. The van der Waals surface area contributed by atoms with E-state index in [1.54, 1.807) is 18.2 Å². The van der Waals surface area contributed by atoms with Gasteiger partial charge in [0.1, 0.15) is 24.4 Å². The Morgan fingerprint density at radius 2 is 2.05 bits per heavy atom. The summed E-state index contributed by atoms with van der Waals surface area (Å²) in [4.78, 5) is 11.3. The van der Waals surface area contributed by atoms with Gasteiger partial charge in [-0.15, -0.1) is 0 Å². The first-order chi connectivity index (χ1) is 9.91. The molecule has 4 unspecified atom stereocenters. The molecule has 6 heteroatoms. The zero-order valence-corrected chi connectivity index (χ0v) is 12.0. The summed E-state index contributed by atoms with van der Waals surface area (Å²) in [7, 11) is 0. The van der Waals surface area contributed by atoms with Crippen LogP contribution in [0.15, 0.2) is 24.3 Å². The van der Waals surface area contributed by atoms with Gasteiger partial charge >= 0.3 is 0 Å². The lowest BCUT2D eigenvalue weighted by Gasteiger charge is -2.23. The Labute approximate surface area is 122 Å². The average molecular weight is 293 g/mol. The maximum Gasteiger partial charge on any atom is 0.248 e. The number of hydrogen-bond donors (Lipinski definition) is 2. The van der Waals surface area contributed by atoms with Gasteiger partial charge in [0.2, 0.25) is 5.91 Å². The van der Waals surface area contributed by atoms with E-state index in [9.17, 15) is 9.90 Å². The van der Waals surface area contributed by atoms with E-state index in [-0.39, 0.29) is 18.8 Å². The van der Waals surface area contributed by atoms with Crippen LogP contribution in [0.4, 0.5) is 0 Å². The van der Waals surface area contributed by atoms with E-state index in [0.29, 0.717) is 5.56 Å². The minimum atomic E-state index is -0.716. The van der Waals surface area contributed by atoms with Crippen LogP contribution in [0.1, 0.15) is 35.9 Å². The highest BCUT2D eigenvalue weighted by molar-refractivity contribution is 5.92. The van der Waals surface area contributed by atoms with Crippen molar-refractivity contribution in [3.05, 3.63) is 35.4 Å². The number of benzene rings is 1. The number of ether oxygens (including phenoxy) is 3. The Hall–Kier alpha value is -1.47. The minimum Gasteiger partial charge on any atom is -0.394 e. The Balaban J connectivity index is 1.92. The average Bonchev–Trinajstić information content (AvgIpc) is 2.91. The van der Waals surface area contributed by atoms with E-state index in [2.05, 4.69) is 0 Å². The second-order valence-corrected chi connectivity index (χ2v) is 5.83. The van der Waals surface area contributed by atoms with Gasteiger partial charge in [-0.3, -0.25) is 4.79 Å². The van der Waals surface area contributed by atoms with Crippen molar-refractivity contribution in [3.8, 4) is 0 Å². The van der Waals surface area contributed by atoms with E-state index in [4.69, 9.17) is 19.9 Å². The third-order valence-electron chi connectivity index (χ3n) is 3.83. The third kappa shape index (κ3) is 2.55. The van der Waals surface area contributed by atoms with Gasteiger partial charge in [0, 0.05) is 5.56 Å².